The average molecular weight is 230 g/mol. The van der Waals surface area contributed by atoms with Gasteiger partial charge in [0.1, 0.15) is 0 Å². The first kappa shape index (κ1) is 15.9. The molecule has 0 heterocycles. The highest BCUT2D eigenvalue weighted by Gasteiger charge is 2.35. The van der Waals surface area contributed by atoms with Crippen LogP contribution in [0.5, 0.6) is 0 Å². The van der Waals surface area contributed by atoms with E-state index in [1.165, 1.54) is 0 Å². The third-order valence-corrected chi connectivity index (χ3v) is 3.79. The molecule has 3 nitrogen and oxygen atoms in total. The maximum atomic E-state index is 5.58. The van der Waals surface area contributed by atoms with E-state index in [1.807, 2.05) is 14.0 Å². The van der Waals surface area contributed by atoms with Gasteiger partial charge in [-0.2, -0.15) is 0 Å². The highest BCUT2D eigenvalue weighted by Crippen LogP contribution is 2.23. The van der Waals surface area contributed by atoms with E-state index in [1.54, 1.807) is 0 Å². The van der Waals surface area contributed by atoms with Crippen molar-refractivity contribution >= 4 is 0 Å². The zero-order chi connectivity index (χ0) is 12.6. The van der Waals surface area contributed by atoms with E-state index in [-0.39, 0.29) is 5.54 Å². The summed E-state index contributed by atoms with van der Waals surface area (Å²) in [6.45, 7) is 14.8. The van der Waals surface area contributed by atoms with Crippen LogP contribution in [0.15, 0.2) is 0 Å². The number of hydrogen-bond acceptors (Lipinski definition) is 3. The van der Waals surface area contributed by atoms with Crippen LogP contribution in [-0.4, -0.2) is 49.8 Å². The third-order valence-electron chi connectivity index (χ3n) is 3.79. The molecule has 98 valence electrons. The number of hydrogen-bond donors (Lipinski definition) is 1. The molecule has 0 aliphatic carbocycles. The summed E-state index contributed by atoms with van der Waals surface area (Å²) < 4.78 is 5.58. The van der Waals surface area contributed by atoms with Crippen molar-refractivity contribution in [2.75, 3.05) is 33.4 Å². The van der Waals surface area contributed by atoms with Crippen molar-refractivity contribution in [2.45, 2.75) is 52.6 Å². The fourth-order valence-corrected chi connectivity index (χ4v) is 2.45. The summed E-state index contributed by atoms with van der Waals surface area (Å²) in [5.41, 5.74) is 0.174. The van der Waals surface area contributed by atoms with Crippen LogP contribution in [0.4, 0.5) is 0 Å². The molecule has 0 aromatic heterocycles. The third kappa shape index (κ3) is 3.72. The molecule has 0 amide bonds. The monoisotopic (exact) mass is 230 g/mol. The molecule has 2 unspecified atom stereocenters. The minimum atomic E-state index is 0.174. The molecule has 3 heteroatoms. The molecule has 0 bridgehead atoms. The van der Waals surface area contributed by atoms with Gasteiger partial charge in [0.2, 0.25) is 0 Å². The van der Waals surface area contributed by atoms with Crippen LogP contribution in [0, 0.1) is 0 Å². The Labute approximate surface area is 102 Å². The lowest BCUT2D eigenvalue weighted by Crippen LogP contribution is -2.60. The summed E-state index contributed by atoms with van der Waals surface area (Å²) in [5, 5.41) is 3.41. The van der Waals surface area contributed by atoms with Crippen molar-refractivity contribution in [1.82, 2.24) is 10.2 Å². The smallest absolute Gasteiger partial charge is 0.0637 e. The number of rotatable bonds is 9. The summed E-state index contributed by atoms with van der Waals surface area (Å²) in [7, 11) is 2.03. The molecule has 0 aromatic carbocycles. The molecular weight excluding hydrogens is 200 g/mol. The first-order valence-corrected chi connectivity index (χ1v) is 6.60. The van der Waals surface area contributed by atoms with E-state index >= 15 is 0 Å². The molecule has 0 aliphatic rings. The Bertz CT molecular complexity index is 171. The van der Waals surface area contributed by atoms with E-state index in [0.717, 1.165) is 32.7 Å². The first-order valence-electron chi connectivity index (χ1n) is 6.60. The summed E-state index contributed by atoms with van der Waals surface area (Å²) in [6.07, 6.45) is 1.13. The SMILES string of the molecule is CCOCC(NC)C(C)(CC)N(CC)CC. The van der Waals surface area contributed by atoms with E-state index in [9.17, 15) is 0 Å². The summed E-state index contributed by atoms with van der Waals surface area (Å²) in [6, 6.07) is 0.386. The summed E-state index contributed by atoms with van der Waals surface area (Å²) in [5.74, 6) is 0. The van der Waals surface area contributed by atoms with Crippen LogP contribution in [0.3, 0.4) is 0 Å². The standard InChI is InChI=1S/C13H30N2O/c1-7-13(5,15(8-2)9-3)12(14-6)11-16-10-4/h12,14H,7-11H2,1-6H3. The molecule has 0 spiro atoms. The van der Waals surface area contributed by atoms with Crippen molar-refractivity contribution in [2.24, 2.45) is 0 Å². The van der Waals surface area contributed by atoms with Gasteiger partial charge in [-0.1, -0.05) is 20.8 Å². The first-order chi connectivity index (χ1) is 7.60. The second kappa shape index (κ2) is 8.04. The number of likely N-dealkylation sites (N-methyl/N-ethyl adjacent to an activating group) is 2. The Morgan fingerprint density at radius 2 is 1.75 bits per heavy atom. The lowest BCUT2D eigenvalue weighted by Gasteiger charge is -2.45. The predicted octanol–water partition coefficient (Wildman–Crippen LogP) is 2.12. The molecular formula is C13H30N2O. The van der Waals surface area contributed by atoms with Crippen LogP contribution in [0.1, 0.15) is 41.0 Å². The van der Waals surface area contributed by atoms with Crippen LogP contribution in [0.25, 0.3) is 0 Å². The molecule has 0 rings (SSSR count). The van der Waals surface area contributed by atoms with Crippen LogP contribution in [-0.2, 0) is 4.74 Å². The van der Waals surface area contributed by atoms with Gasteiger partial charge in [0.05, 0.1) is 6.61 Å². The molecule has 2 atom stereocenters. The zero-order valence-corrected chi connectivity index (χ0v) is 12.0. The van der Waals surface area contributed by atoms with Gasteiger partial charge in [-0.05, 0) is 40.4 Å². The Morgan fingerprint density at radius 3 is 2.06 bits per heavy atom. The Hall–Kier alpha value is -0.120. The van der Waals surface area contributed by atoms with Crippen LogP contribution >= 0.6 is 0 Å². The topological polar surface area (TPSA) is 24.5 Å². The van der Waals surface area contributed by atoms with Crippen molar-refractivity contribution in [3.63, 3.8) is 0 Å². The highest BCUT2D eigenvalue weighted by molar-refractivity contribution is 4.95. The van der Waals surface area contributed by atoms with Crippen LogP contribution in [0.2, 0.25) is 0 Å². The van der Waals surface area contributed by atoms with Crippen LogP contribution < -0.4 is 5.32 Å². The minimum Gasteiger partial charge on any atom is -0.380 e. The van der Waals surface area contributed by atoms with Gasteiger partial charge in [-0.25, -0.2) is 0 Å². The van der Waals surface area contributed by atoms with Gasteiger partial charge < -0.3 is 10.1 Å². The number of nitrogens with zero attached hydrogens (tertiary/aromatic N) is 1. The predicted molar refractivity (Wildman–Crippen MR) is 71.0 cm³/mol. The van der Waals surface area contributed by atoms with E-state index in [0.29, 0.717) is 6.04 Å². The quantitative estimate of drug-likeness (QED) is 0.656. The van der Waals surface area contributed by atoms with Crippen molar-refractivity contribution in [3.8, 4) is 0 Å². The summed E-state index contributed by atoms with van der Waals surface area (Å²) in [4.78, 5) is 2.52. The number of ether oxygens (including phenoxy) is 1. The van der Waals surface area contributed by atoms with Crippen molar-refractivity contribution in [3.05, 3.63) is 0 Å². The maximum absolute atomic E-state index is 5.58. The maximum Gasteiger partial charge on any atom is 0.0637 e. The molecule has 0 fully saturated rings. The molecule has 0 saturated heterocycles. The van der Waals surface area contributed by atoms with E-state index in [2.05, 4.69) is 37.9 Å². The molecule has 0 saturated carbocycles. The normalized spacial score (nSPS) is 17.4. The van der Waals surface area contributed by atoms with Gasteiger partial charge >= 0.3 is 0 Å². The molecule has 0 radical (unpaired) electrons. The fraction of sp³-hybridized carbons (Fsp3) is 1.00. The van der Waals surface area contributed by atoms with Gasteiger partial charge in [0.15, 0.2) is 0 Å². The molecule has 16 heavy (non-hydrogen) atoms. The zero-order valence-electron chi connectivity index (χ0n) is 12.0. The lowest BCUT2D eigenvalue weighted by atomic mass is 9.87. The van der Waals surface area contributed by atoms with E-state index in [4.69, 9.17) is 4.74 Å². The van der Waals surface area contributed by atoms with Crippen molar-refractivity contribution in [1.29, 1.82) is 0 Å². The van der Waals surface area contributed by atoms with Crippen molar-refractivity contribution < 1.29 is 4.74 Å². The largest absolute Gasteiger partial charge is 0.380 e. The lowest BCUT2D eigenvalue weighted by molar-refractivity contribution is 0.0233. The second-order valence-electron chi connectivity index (χ2n) is 4.38. The minimum absolute atomic E-state index is 0.174. The Balaban J connectivity index is 4.71. The second-order valence-corrected chi connectivity index (χ2v) is 4.38. The van der Waals surface area contributed by atoms with Gasteiger partial charge in [-0.3, -0.25) is 4.90 Å². The Morgan fingerprint density at radius 1 is 1.19 bits per heavy atom. The molecule has 0 aromatic rings. The molecule has 0 aliphatic heterocycles. The average Bonchev–Trinajstić information content (AvgIpc) is 2.31. The number of nitrogens with one attached hydrogen (secondary N) is 1. The summed E-state index contributed by atoms with van der Waals surface area (Å²) >= 11 is 0. The van der Waals surface area contributed by atoms with Gasteiger partial charge in [-0.15, -0.1) is 0 Å². The highest BCUT2D eigenvalue weighted by atomic mass is 16.5. The molecule has 1 N–H and O–H groups in total. The van der Waals surface area contributed by atoms with Gasteiger partial charge in [0, 0.05) is 18.2 Å². The van der Waals surface area contributed by atoms with E-state index < -0.39 is 0 Å². The fourth-order valence-electron chi connectivity index (χ4n) is 2.45. The Kier molecular flexibility index (Phi) is 7.98. The van der Waals surface area contributed by atoms with Gasteiger partial charge in [0.25, 0.3) is 0 Å².